The zero-order chi connectivity index (χ0) is 19.8. The highest BCUT2D eigenvalue weighted by atomic mass is 32.2. The highest BCUT2D eigenvalue weighted by Crippen LogP contribution is 2.22. The molecule has 0 aliphatic rings. The first-order valence-corrected chi connectivity index (χ1v) is 11.4. The summed E-state index contributed by atoms with van der Waals surface area (Å²) < 4.78 is 22.8. The minimum Gasteiger partial charge on any atom is -0.357 e. The number of hydrogen-bond donors (Lipinski definition) is 2. The monoisotopic (exact) mass is 381 g/mol. The first-order chi connectivity index (χ1) is 12.0. The zero-order valence-corrected chi connectivity index (χ0v) is 17.9. The average molecular weight is 382 g/mol. The van der Waals surface area contributed by atoms with Crippen LogP contribution in [-0.2, 0) is 9.84 Å². The van der Waals surface area contributed by atoms with Gasteiger partial charge in [0.1, 0.15) is 9.84 Å². The molecule has 2 N–H and O–H groups in total. The fourth-order valence-corrected chi connectivity index (χ4v) is 3.46. The maximum atomic E-state index is 11.4. The van der Waals surface area contributed by atoms with E-state index in [0.717, 1.165) is 12.5 Å². The lowest BCUT2D eigenvalue weighted by atomic mass is 9.90. The molecule has 0 radical (unpaired) electrons. The van der Waals surface area contributed by atoms with Crippen LogP contribution >= 0.6 is 0 Å². The second-order valence-electron chi connectivity index (χ2n) is 7.87. The van der Waals surface area contributed by atoms with Crippen molar-refractivity contribution < 1.29 is 8.42 Å². The molecule has 5 nitrogen and oxygen atoms in total. The van der Waals surface area contributed by atoms with E-state index in [0.29, 0.717) is 18.9 Å². The normalized spacial score (nSPS) is 15.4. The van der Waals surface area contributed by atoms with Crippen LogP contribution in [-0.4, -0.2) is 45.5 Å². The van der Waals surface area contributed by atoms with Gasteiger partial charge in [-0.1, -0.05) is 51.1 Å². The van der Waals surface area contributed by atoms with Gasteiger partial charge in [0, 0.05) is 31.3 Å². The Kier molecular flexibility index (Phi) is 8.60. The van der Waals surface area contributed by atoms with Crippen molar-refractivity contribution in [2.75, 3.05) is 25.1 Å². The van der Waals surface area contributed by atoms with Gasteiger partial charge in [0.15, 0.2) is 5.96 Å². The smallest absolute Gasteiger partial charge is 0.191 e. The van der Waals surface area contributed by atoms with E-state index in [-0.39, 0.29) is 17.2 Å². The largest absolute Gasteiger partial charge is 0.357 e. The number of nitrogens with one attached hydrogen (secondary N) is 2. The standard InChI is InChI=1S/C20H35N3O2S/c1-7-21-19(22-15-20(4,5)13-14-26(6,24)25)23-17(3)16(2)18-11-9-8-10-12-18/h8-12,16-17H,7,13-15H2,1-6H3,(H2,21,22,23). The molecule has 0 saturated carbocycles. The number of benzene rings is 1. The van der Waals surface area contributed by atoms with E-state index < -0.39 is 9.84 Å². The van der Waals surface area contributed by atoms with Crippen molar-refractivity contribution in [3.8, 4) is 0 Å². The fourth-order valence-electron chi connectivity index (χ4n) is 2.54. The van der Waals surface area contributed by atoms with Gasteiger partial charge >= 0.3 is 0 Å². The van der Waals surface area contributed by atoms with E-state index in [1.807, 2.05) is 13.0 Å². The summed E-state index contributed by atoms with van der Waals surface area (Å²) in [5.74, 6) is 1.31. The van der Waals surface area contributed by atoms with Gasteiger partial charge in [0.05, 0.1) is 5.75 Å². The molecule has 0 aromatic heterocycles. The summed E-state index contributed by atoms with van der Waals surface area (Å²) in [6.45, 7) is 11.9. The summed E-state index contributed by atoms with van der Waals surface area (Å²) in [5, 5.41) is 6.77. The highest BCUT2D eigenvalue weighted by molar-refractivity contribution is 7.90. The molecule has 0 spiro atoms. The molecule has 0 saturated heterocycles. The molecule has 1 rings (SSSR count). The van der Waals surface area contributed by atoms with Crippen LogP contribution < -0.4 is 10.6 Å². The van der Waals surface area contributed by atoms with Gasteiger partial charge in [-0.15, -0.1) is 0 Å². The van der Waals surface area contributed by atoms with Gasteiger partial charge in [-0.05, 0) is 31.2 Å². The van der Waals surface area contributed by atoms with Gasteiger partial charge in [0.25, 0.3) is 0 Å². The van der Waals surface area contributed by atoms with Gasteiger partial charge in [-0.3, -0.25) is 4.99 Å². The van der Waals surface area contributed by atoms with Crippen LogP contribution in [0.15, 0.2) is 35.3 Å². The quantitative estimate of drug-likeness (QED) is 0.509. The van der Waals surface area contributed by atoms with Crippen LogP contribution in [0.2, 0.25) is 0 Å². The van der Waals surface area contributed by atoms with Crippen LogP contribution in [0.4, 0.5) is 0 Å². The summed E-state index contributed by atoms with van der Waals surface area (Å²) in [7, 11) is -2.95. The summed E-state index contributed by atoms with van der Waals surface area (Å²) in [5.41, 5.74) is 1.12. The lowest BCUT2D eigenvalue weighted by molar-refractivity contribution is 0.365. The van der Waals surface area contributed by atoms with Crippen LogP contribution in [0.25, 0.3) is 0 Å². The molecule has 0 heterocycles. The lowest BCUT2D eigenvalue weighted by Crippen LogP contribution is -2.44. The number of rotatable bonds is 9. The molecule has 1 aromatic rings. The third-order valence-corrected chi connectivity index (χ3v) is 5.54. The van der Waals surface area contributed by atoms with E-state index in [2.05, 4.69) is 62.6 Å². The van der Waals surface area contributed by atoms with Gasteiger partial charge in [0.2, 0.25) is 0 Å². The molecule has 2 unspecified atom stereocenters. The molecule has 0 bridgehead atoms. The van der Waals surface area contributed by atoms with Crippen molar-refractivity contribution >= 4 is 15.8 Å². The number of sulfone groups is 1. The second-order valence-corrected chi connectivity index (χ2v) is 10.1. The molecule has 0 aliphatic carbocycles. The second kappa shape index (κ2) is 9.95. The Hall–Kier alpha value is -1.56. The average Bonchev–Trinajstić information content (AvgIpc) is 2.58. The molecule has 1 aromatic carbocycles. The Morgan fingerprint density at radius 3 is 2.35 bits per heavy atom. The molecule has 6 heteroatoms. The van der Waals surface area contributed by atoms with Crippen LogP contribution in [0.5, 0.6) is 0 Å². The van der Waals surface area contributed by atoms with Crippen molar-refractivity contribution in [2.24, 2.45) is 10.4 Å². The Bertz CT molecular complexity index is 670. The Labute approximate surface area is 159 Å². The Morgan fingerprint density at radius 2 is 1.81 bits per heavy atom. The predicted octanol–water partition coefficient (Wildman–Crippen LogP) is 3.19. The fraction of sp³-hybridized carbons (Fsp3) is 0.650. The van der Waals surface area contributed by atoms with Crippen LogP contribution in [0, 0.1) is 5.41 Å². The lowest BCUT2D eigenvalue weighted by Gasteiger charge is -2.26. The number of hydrogen-bond acceptors (Lipinski definition) is 3. The van der Waals surface area contributed by atoms with Crippen molar-refractivity contribution in [1.29, 1.82) is 0 Å². The molecule has 2 atom stereocenters. The number of guanidine groups is 1. The molecular formula is C20H35N3O2S. The van der Waals surface area contributed by atoms with E-state index in [4.69, 9.17) is 4.99 Å². The highest BCUT2D eigenvalue weighted by Gasteiger charge is 2.21. The summed E-state index contributed by atoms with van der Waals surface area (Å²) >= 11 is 0. The number of nitrogens with zero attached hydrogens (tertiary/aromatic N) is 1. The maximum Gasteiger partial charge on any atom is 0.191 e. The van der Waals surface area contributed by atoms with Crippen molar-refractivity contribution in [3.05, 3.63) is 35.9 Å². The van der Waals surface area contributed by atoms with Crippen LogP contribution in [0.3, 0.4) is 0 Å². The summed E-state index contributed by atoms with van der Waals surface area (Å²) in [4.78, 5) is 4.70. The predicted molar refractivity (Wildman–Crippen MR) is 112 cm³/mol. The zero-order valence-electron chi connectivity index (χ0n) is 17.0. The number of aliphatic imine (C=N–C) groups is 1. The minimum absolute atomic E-state index is 0.167. The maximum absolute atomic E-state index is 11.4. The third kappa shape index (κ3) is 8.70. The first-order valence-electron chi connectivity index (χ1n) is 9.31. The third-order valence-electron chi connectivity index (χ3n) is 4.60. The van der Waals surface area contributed by atoms with E-state index >= 15 is 0 Å². The minimum atomic E-state index is -2.95. The van der Waals surface area contributed by atoms with E-state index in [9.17, 15) is 8.42 Å². The van der Waals surface area contributed by atoms with E-state index in [1.165, 1.54) is 11.8 Å². The van der Waals surface area contributed by atoms with Gasteiger partial charge in [-0.25, -0.2) is 8.42 Å². The van der Waals surface area contributed by atoms with Gasteiger partial charge in [-0.2, -0.15) is 0 Å². The van der Waals surface area contributed by atoms with Crippen molar-refractivity contribution in [2.45, 2.75) is 53.0 Å². The molecule has 0 fully saturated rings. The van der Waals surface area contributed by atoms with Crippen molar-refractivity contribution in [3.63, 3.8) is 0 Å². The SMILES string of the molecule is CCNC(=NCC(C)(C)CCS(C)(=O)=O)NC(C)C(C)c1ccccc1. The summed E-state index contributed by atoms with van der Waals surface area (Å²) in [6.07, 6.45) is 1.88. The van der Waals surface area contributed by atoms with Crippen LogP contribution in [0.1, 0.15) is 52.5 Å². The Morgan fingerprint density at radius 1 is 1.19 bits per heavy atom. The molecule has 0 aliphatic heterocycles. The van der Waals surface area contributed by atoms with Crippen molar-refractivity contribution in [1.82, 2.24) is 10.6 Å². The molecular weight excluding hydrogens is 346 g/mol. The first kappa shape index (κ1) is 22.5. The topological polar surface area (TPSA) is 70.6 Å². The van der Waals surface area contributed by atoms with Gasteiger partial charge < -0.3 is 10.6 Å². The molecule has 26 heavy (non-hydrogen) atoms. The van der Waals surface area contributed by atoms with E-state index in [1.54, 1.807) is 0 Å². The summed E-state index contributed by atoms with van der Waals surface area (Å²) in [6, 6.07) is 10.6. The molecule has 0 amide bonds. The Balaban J connectivity index is 2.73. The molecule has 148 valence electrons.